The summed E-state index contributed by atoms with van der Waals surface area (Å²) < 4.78 is 0. The molecule has 1 atom stereocenters. The molecule has 0 aliphatic carbocycles. The van der Waals surface area contributed by atoms with Gasteiger partial charge < -0.3 is 0 Å². The lowest BCUT2D eigenvalue weighted by atomic mass is 9.91. The van der Waals surface area contributed by atoms with E-state index in [9.17, 15) is 0 Å². The van der Waals surface area contributed by atoms with Crippen LogP contribution in [-0.4, -0.2) is 10.2 Å². The van der Waals surface area contributed by atoms with Crippen molar-refractivity contribution in [1.29, 1.82) is 0 Å². The molecule has 0 amide bonds. The largest absolute Gasteiger partial charge is 0.278 e. The molecule has 1 aromatic heterocycles. The zero-order chi connectivity index (χ0) is 9.14. The molecule has 1 unspecified atom stereocenters. The van der Waals surface area contributed by atoms with E-state index in [4.69, 9.17) is 0 Å². The Bertz CT molecular complexity index is 261. The molecule has 0 saturated carbocycles. The molecule has 0 aliphatic heterocycles. The number of hydrogen-bond donors (Lipinski definition) is 1. The summed E-state index contributed by atoms with van der Waals surface area (Å²) in [5, 5.41) is 6.92. The zero-order valence-electron chi connectivity index (χ0n) is 7.96. The third-order valence-electron chi connectivity index (χ3n) is 2.39. The summed E-state index contributed by atoms with van der Waals surface area (Å²) in [7, 11) is 0. The van der Waals surface area contributed by atoms with Gasteiger partial charge in [-0.15, -0.1) is 0 Å². The van der Waals surface area contributed by atoms with Crippen molar-refractivity contribution < 1.29 is 0 Å². The van der Waals surface area contributed by atoms with Gasteiger partial charge in [0.15, 0.2) is 0 Å². The lowest BCUT2D eigenvalue weighted by Gasteiger charge is -2.14. The van der Waals surface area contributed by atoms with Gasteiger partial charge in [0, 0.05) is 5.56 Å². The predicted molar refractivity (Wildman–Crippen MR) is 51.9 cm³/mol. The minimum absolute atomic E-state index is 0.539. The molecular weight excluding hydrogens is 148 g/mol. The van der Waals surface area contributed by atoms with E-state index in [1.54, 1.807) is 0 Å². The van der Waals surface area contributed by atoms with Crippen molar-refractivity contribution in [2.75, 3.05) is 0 Å². The number of nitrogens with one attached hydrogen (secondary N) is 1. The van der Waals surface area contributed by atoms with E-state index in [-0.39, 0.29) is 0 Å². The molecule has 0 bridgehead atoms. The summed E-state index contributed by atoms with van der Waals surface area (Å²) in [6.45, 7) is 10.4. The van der Waals surface area contributed by atoms with E-state index in [1.165, 1.54) is 5.56 Å². The molecule has 0 fully saturated rings. The second kappa shape index (κ2) is 3.57. The lowest BCUT2D eigenvalue weighted by molar-refractivity contribution is 0.534. The first-order valence-corrected chi connectivity index (χ1v) is 4.32. The van der Waals surface area contributed by atoms with Gasteiger partial charge in [-0.05, 0) is 17.9 Å². The molecule has 0 spiro atoms. The molecule has 0 aliphatic rings. The Morgan fingerprint density at radius 3 is 2.67 bits per heavy atom. The van der Waals surface area contributed by atoms with Gasteiger partial charge in [-0.3, -0.25) is 5.10 Å². The minimum atomic E-state index is 0.539. The molecule has 1 N–H and O–H groups in total. The molecule has 2 heteroatoms. The van der Waals surface area contributed by atoms with Crippen molar-refractivity contribution in [1.82, 2.24) is 10.2 Å². The smallest absolute Gasteiger partial charge is 0.0606 e. The van der Waals surface area contributed by atoms with E-state index >= 15 is 0 Å². The second-order valence-electron chi connectivity index (χ2n) is 3.48. The molecule has 1 rings (SSSR count). The van der Waals surface area contributed by atoms with Crippen molar-refractivity contribution in [3.8, 4) is 0 Å². The van der Waals surface area contributed by atoms with E-state index in [0.29, 0.717) is 11.8 Å². The third kappa shape index (κ3) is 1.58. The Morgan fingerprint density at radius 1 is 1.50 bits per heavy atom. The fourth-order valence-electron chi connectivity index (χ4n) is 1.19. The summed E-state index contributed by atoms with van der Waals surface area (Å²) in [6.07, 6.45) is 3.71. The van der Waals surface area contributed by atoms with Crippen LogP contribution in [0.25, 0.3) is 6.08 Å². The van der Waals surface area contributed by atoms with Gasteiger partial charge >= 0.3 is 0 Å². The summed E-state index contributed by atoms with van der Waals surface area (Å²) >= 11 is 0. The van der Waals surface area contributed by atoms with Crippen molar-refractivity contribution in [3.05, 3.63) is 24.0 Å². The molecule has 2 nitrogen and oxygen atoms in total. The van der Waals surface area contributed by atoms with Crippen molar-refractivity contribution in [3.63, 3.8) is 0 Å². The van der Waals surface area contributed by atoms with Gasteiger partial charge in [-0.2, -0.15) is 5.10 Å². The molecule has 0 radical (unpaired) electrons. The number of H-pyrrole nitrogens is 1. The summed E-state index contributed by atoms with van der Waals surface area (Å²) in [5.41, 5.74) is 2.32. The molecule has 66 valence electrons. The van der Waals surface area contributed by atoms with Gasteiger partial charge in [0.2, 0.25) is 0 Å². The summed E-state index contributed by atoms with van der Waals surface area (Å²) in [5.74, 6) is 1.18. The predicted octanol–water partition coefficient (Wildman–Crippen LogP) is 2.81. The minimum Gasteiger partial charge on any atom is -0.278 e. The van der Waals surface area contributed by atoms with Crippen molar-refractivity contribution in [2.24, 2.45) is 5.92 Å². The van der Waals surface area contributed by atoms with Crippen LogP contribution in [0.5, 0.6) is 0 Å². The van der Waals surface area contributed by atoms with Gasteiger partial charge in [-0.1, -0.05) is 27.4 Å². The number of aromatic nitrogens is 2. The van der Waals surface area contributed by atoms with E-state index in [2.05, 4.69) is 37.5 Å². The lowest BCUT2D eigenvalue weighted by Crippen LogP contribution is -2.02. The highest BCUT2D eigenvalue weighted by atomic mass is 15.1. The van der Waals surface area contributed by atoms with Crippen molar-refractivity contribution in [2.45, 2.75) is 26.7 Å². The molecular formula is C10H16N2. The van der Waals surface area contributed by atoms with E-state index in [0.717, 1.165) is 5.69 Å². The topological polar surface area (TPSA) is 28.7 Å². The Balaban J connectivity index is 2.93. The summed E-state index contributed by atoms with van der Waals surface area (Å²) in [6, 6.07) is 0. The van der Waals surface area contributed by atoms with Crippen molar-refractivity contribution >= 4 is 6.08 Å². The maximum atomic E-state index is 4.00. The van der Waals surface area contributed by atoms with Crippen LogP contribution in [0.3, 0.4) is 0 Å². The molecule has 1 heterocycles. The van der Waals surface area contributed by atoms with Crippen LogP contribution in [0.4, 0.5) is 0 Å². The SMILES string of the molecule is C=Cc1[nH]ncc1C(C)C(C)C. The number of nitrogens with zero attached hydrogens (tertiary/aromatic N) is 1. The van der Waals surface area contributed by atoms with Gasteiger partial charge in [0.05, 0.1) is 11.9 Å². The normalized spacial score (nSPS) is 13.3. The van der Waals surface area contributed by atoms with Crippen LogP contribution in [0.15, 0.2) is 12.8 Å². The average Bonchev–Trinajstić information content (AvgIpc) is 2.49. The zero-order valence-corrected chi connectivity index (χ0v) is 7.96. The molecule has 1 aromatic rings. The number of hydrogen-bond acceptors (Lipinski definition) is 1. The highest BCUT2D eigenvalue weighted by Crippen LogP contribution is 2.25. The Kier molecular flexibility index (Phi) is 2.69. The van der Waals surface area contributed by atoms with Crippen LogP contribution >= 0.6 is 0 Å². The standard InChI is InChI=1S/C10H16N2/c1-5-10-9(6-11-12-10)8(4)7(2)3/h5-8H,1H2,2-4H3,(H,11,12). The third-order valence-corrected chi connectivity index (χ3v) is 2.39. The second-order valence-corrected chi connectivity index (χ2v) is 3.48. The monoisotopic (exact) mass is 164 g/mol. The first-order chi connectivity index (χ1) is 5.66. The quantitative estimate of drug-likeness (QED) is 0.731. The van der Waals surface area contributed by atoms with Gasteiger partial charge in [0.1, 0.15) is 0 Å². The number of rotatable bonds is 3. The molecule has 0 aromatic carbocycles. The number of aromatic amines is 1. The van der Waals surface area contributed by atoms with E-state index in [1.807, 2.05) is 12.3 Å². The maximum absolute atomic E-state index is 4.00. The van der Waals surface area contributed by atoms with Gasteiger partial charge in [-0.25, -0.2) is 0 Å². The fraction of sp³-hybridized carbons (Fsp3) is 0.500. The highest BCUT2D eigenvalue weighted by Gasteiger charge is 2.13. The Labute approximate surface area is 73.7 Å². The van der Waals surface area contributed by atoms with Crippen LogP contribution in [-0.2, 0) is 0 Å². The summed E-state index contributed by atoms with van der Waals surface area (Å²) in [4.78, 5) is 0. The Hall–Kier alpha value is -1.05. The first kappa shape index (κ1) is 9.04. The van der Waals surface area contributed by atoms with Crippen LogP contribution in [0, 0.1) is 5.92 Å². The van der Waals surface area contributed by atoms with Crippen LogP contribution in [0.2, 0.25) is 0 Å². The van der Waals surface area contributed by atoms with Crippen LogP contribution < -0.4 is 0 Å². The maximum Gasteiger partial charge on any atom is 0.0606 e. The Morgan fingerprint density at radius 2 is 2.17 bits per heavy atom. The van der Waals surface area contributed by atoms with Gasteiger partial charge in [0.25, 0.3) is 0 Å². The van der Waals surface area contributed by atoms with E-state index < -0.39 is 0 Å². The molecule has 12 heavy (non-hydrogen) atoms. The average molecular weight is 164 g/mol. The fourth-order valence-corrected chi connectivity index (χ4v) is 1.19. The highest BCUT2D eigenvalue weighted by molar-refractivity contribution is 5.47. The molecule has 0 saturated heterocycles. The van der Waals surface area contributed by atoms with Crippen LogP contribution in [0.1, 0.15) is 37.9 Å². The first-order valence-electron chi connectivity index (χ1n) is 4.32.